The molecular formula is C13H17FN2O3S. The molecule has 7 heteroatoms. The predicted octanol–water partition coefficient (Wildman–Crippen LogP) is 1.50. The van der Waals surface area contributed by atoms with Gasteiger partial charge in [-0.1, -0.05) is 6.07 Å². The molecule has 2 rings (SSSR count). The number of hydrogen-bond donors (Lipinski definition) is 1. The minimum atomic E-state index is -3.41. The molecule has 0 saturated carbocycles. The summed E-state index contributed by atoms with van der Waals surface area (Å²) >= 11 is 0. The van der Waals surface area contributed by atoms with E-state index in [0.717, 1.165) is 6.26 Å². The normalized spacial score (nSPS) is 20.1. The van der Waals surface area contributed by atoms with E-state index in [1.165, 1.54) is 10.4 Å². The lowest BCUT2D eigenvalue weighted by Crippen LogP contribution is -2.42. The minimum absolute atomic E-state index is 0.332. The van der Waals surface area contributed by atoms with E-state index in [9.17, 15) is 17.6 Å². The summed E-state index contributed by atoms with van der Waals surface area (Å²) in [6.45, 7) is 1.97. The first-order valence-electron chi connectivity index (χ1n) is 6.33. The molecule has 0 bridgehead atoms. The van der Waals surface area contributed by atoms with Crippen LogP contribution in [0.1, 0.15) is 18.4 Å². The Morgan fingerprint density at radius 3 is 2.75 bits per heavy atom. The number of anilines is 1. The van der Waals surface area contributed by atoms with Crippen molar-refractivity contribution in [3.05, 3.63) is 29.6 Å². The van der Waals surface area contributed by atoms with Crippen molar-refractivity contribution >= 4 is 21.6 Å². The van der Waals surface area contributed by atoms with Crippen molar-refractivity contribution in [1.29, 1.82) is 0 Å². The minimum Gasteiger partial charge on any atom is -0.325 e. The average Bonchev–Trinajstić information content (AvgIpc) is 2.83. The summed E-state index contributed by atoms with van der Waals surface area (Å²) < 4.78 is 37.8. The molecule has 0 aromatic heterocycles. The van der Waals surface area contributed by atoms with Gasteiger partial charge in [0.1, 0.15) is 11.9 Å². The first-order valence-corrected chi connectivity index (χ1v) is 8.17. The van der Waals surface area contributed by atoms with Crippen molar-refractivity contribution in [1.82, 2.24) is 4.31 Å². The monoisotopic (exact) mass is 300 g/mol. The number of nitrogens with one attached hydrogen (secondary N) is 1. The Morgan fingerprint density at radius 2 is 2.15 bits per heavy atom. The van der Waals surface area contributed by atoms with Crippen LogP contribution in [0.5, 0.6) is 0 Å². The molecule has 0 radical (unpaired) electrons. The highest BCUT2D eigenvalue weighted by Gasteiger charge is 2.36. The molecule has 1 heterocycles. The molecule has 1 amide bonds. The van der Waals surface area contributed by atoms with Gasteiger partial charge in [0.15, 0.2) is 0 Å². The molecule has 110 valence electrons. The maximum atomic E-state index is 13.4. The zero-order valence-corrected chi connectivity index (χ0v) is 12.2. The van der Waals surface area contributed by atoms with E-state index in [2.05, 4.69) is 5.32 Å². The predicted molar refractivity (Wildman–Crippen MR) is 74.3 cm³/mol. The number of aryl methyl sites for hydroxylation is 1. The zero-order valence-electron chi connectivity index (χ0n) is 11.4. The Bertz CT molecular complexity index is 631. The highest BCUT2D eigenvalue weighted by atomic mass is 32.2. The Morgan fingerprint density at radius 1 is 1.45 bits per heavy atom. The van der Waals surface area contributed by atoms with Gasteiger partial charge in [-0.2, -0.15) is 4.31 Å². The SMILES string of the molecule is Cc1ccc(NC(=O)C2CCCN2S(C)(=O)=O)cc1F. The highest BCUT2D eigenvalue weighted by molar-refractivity contribution is 7.88. The van der Waals surface area contributed by atoms with Gasteiger partial charge in [-0.15, -0.1) is 0 Å². The van der Waals surface area contributed by atoms with E-state index in [0.29, 0.717) is 30.6 Å². The van der Waals surface area contributed by atoms with Gasteiger partial charge >= 0.3 is 0 Å². The largest absolute Gasteiger partial charge is 0.325 e. The lowest BCUT2D eigenvalue weighted by atomic mass is 10.2. The zero-order chi connectivity index (χ0) is 14.9. The maximum absolute atomic E-state index is 13.4. The van der Waals surface area contributed by atoms with E-state index in [1.807, 2.05) is 0 Å². The van der Waals surface area contributed by atoms with E-state index in [1.54, 1.807) is 19.1 Å². The third-order valence-electron chi connectivity index (χ3n) is 3.37. The molecule has 20 heavy (non-hydrogen) atoms. The van der Waals surface area contributed by atoms with Crippen LogP contribution in [0.15, 0.2) is 18.2 Å². The molecule has 1 aliphatic rings. The number of benzene rings is 1. The van der Waals surface area contributed by atoms with Crippen molar-refractivity contribution in [2.45, 2.75) is 25.8 Å². The maximum Gasteiger partial charge on any atom is 0.242 e. The quantitative estimate of drug-likeness (QED) is 0.920. The van der Waals surface area contributed by atoms with E-state index >= 15 is 0 Å². The number of carbonyl (C=O) groups is 1. The third-order valence-corrected chi connectivity index (χ3v) is 4.66. The molecule has 1 aromatic carbocycles. The van der Waals surface area contributed by atoms with Crippen LogP contribution in [0.25, 0.3) is 0 Å². The van der Waals surface area contributed by atoms with Crippen molar-refractivity contribution in [2.75, 3.05) is 18.1 Å². The smallest absolute Gasteiger partial charge is 0.242 e. The number of halogens is 1. The first kappa shape index (κ1) is 14.9. The number of hydrogen-bond acceptors (Lipinski definition) is 3. The van der Waals surface area contributed by atoms with Crippen LogP contribution < -0.4 is 5.32 Å². The molecule has 1 saturated heterocycles. The number of nitrogens with zero attached hydrogens (tertiary/aromatic N) is 1. The highest BCUT2D eigenvalue weighted by Crippen LogP contribution is 2.22. The van der Waals surface area contributed by atoms with Crippen molar-refractivity contribution in [3.8, 4) is 0 Å². The van der Waals surface area contributed by atoms with Gasteiger partial charge in [0.05, 0.1) is 6.26 Å². The molecular weight excluding hydrogens is 283 g/mol. The van der Waals surface area contributed by atoms with Crippen LogP contribution >= 0.6 is 0 Å². The van der Waals surface area contributed by atoms with Crippen molar-refractivity contribution in [3.63, 3.8) is 0 Å². The fourth-order valence-corrected chi connectivity index (χ4v) is 3.42. The third kappa shape index (κ3) is 3.16. The van der Waals surface area contributed by atoms with Crippen LogP contribution in [0.4, 0.5) is 10.1 Å². The second-order valence-electron chi connectivity index (χ2n) is 4.98. The second kappa shape index (κ2) is 5.49. The van der Waals surface area contributed by atoms with Crippen molar-refractivity contribution in [2.24, 2.45) is 0 Å². The van der Waals surface area contributed by atoms with Crippen LogP contribution in [-0.2, 0) is 14.8 Å². The summed E-state index contributed by atoms with van der Waals surface area (Å²) in [6.07, 6.45) is 2.21. The van der Waals surface area contributed by atoms with E-state index in [4.69, 9.17) is 0 Å². The van der Waals surface area contributed by atoms with E-state index in [-0.39, 0.29) is 0 Å². The lowest BCUT2D eigenvalue weighted by molar-refractivity contribution is -0.119. The van der Waals surface area contributed by atoms with Crippen LogP contribution in [-0.4, -0.2) is 37.5 Å². The molecule has 0 spiro atoms. The summed E-state index contributed by atoms with van der Waals surface area (Å²) in [5, 5.41) is 2.57. The molecule has 5 nitrogen and oxygen atoms in total. The first-order chi connectivity index (χ1) is 9.29. The molecule has 1 N–H and O–H groups in total. The Hall–Kier alpha value is -1.47. The molecule has 1 unspecified atom stereocenters. The molecule has 1 fully saturated rings. The standard InChI is InChI=1S/C13H17FN2O3S/c1-9-5-6-10(8-11(9)14)15-13(17)12-4-3-7-16(12)20(2,18)19/h5-6,8,12H,3-4,7H2,1-2H3,(H,15,17). The summed E-state index contributed by atoms with van der Waals surface area (Å²) in [5.74, 6) is -0.828. The molecule has 1 aromatic rings. The lowest BCUT2D eigenvalue weighted by Gasteiger charge is -2.21. The summed E-state index contributed by atoms with van der Waals surface area (Å²) in [5.41, 5.74) is 0.820. The molecule has 1 atom stereocenters. The fraction of sp³-hybridized carbons (Fsp3) is 0.462. The topological polar surface area (TPSA) is 66.5 Å². The Kier molecular flexibility index (Phi) is 4.10. The van der Waals surface area contributed by atoms with E-state index < -0.39 is 27.8 Å². The van der Waals surface area contributed by atoms with Crippen LogP contribution in [0, 0.1) is 12.7 Å². The number of rotatable bonds is 3. The fourth-order valence-electron chi connectivity index (χ4n) is 2.30. The Balaban J connectivity index is 2.13. The summed E-state index contributed by atoms with van der Waals surface area (Å²) in [6, 6.07) is 3.67. The van der Waals surface area contributed by atoms with Gasteiger partial charge in [-0.25, -0.2) is 12.8 Å². The van der Waals surface area contributed by atoms with Crippen LogP contribution in [0.2, 0.25) is 0 Å². The van der Waals surface area contributed by atoms with Crippen molar-refractivity contribution < 1.29 is 17.6 Å². The summed E-state index contributed by atoms with van der Waals surface area (Å²) in [4.78, 5) is 12.1. The van der Waals surface area contributed by atoms with Gasteiger partial charge in [-0.3, -0.25) is 4.79 Å². The molecule has 1 aliphatic heterocycles. The van der Waals surface area contributed by atoms with Gasteiger partial charge in [0, 0.05) is 12.2 Å². The van der Waals surface area contributed by atoms with Gasteiger partial charge in [0.25, 0.3) is 0 Å². The summed E-state index contributed by atoms with van der Waals surface area (Å²) in [7, 11) is -3.41. The van der Waals surface area contributed by atoms with Gasteiger partial charge < -0.3 is 5.32 Å². The number of amides is 1. The average molecular weight is 300 g/mol. The van der Waals surface area contributed by atoms with Gasteiger partial charge in [0.2, 0.25) is 15.9 Å². The molecule has 0 aliphatic carbocycles. The number of carbonyl (C=O) groups excluding carboxylic acids is 1. The Labute approximate surface area is 117 Å². The number of sulfonamides is 1. The van der Waals surface area contributed by atoms with Crippen LogP contribution in [0.3, 0.4) is 0 Å². The second-order valence-corrected chi connectivity index (χ2v) is 6.92. The van der Waals surface area contributed by atoms with Gasteiger partial charge in [-0.05, 0) is 37.5 Å².